The number of piperidine rings is 1. The third-order valence-corrected chi connectivity index (χ3v) is 5.90. The zero-order chi connectivity index (χ0) is 17.4. The van der Waals surface area contributed by atoms with Gasteiger partial charge in [0.2, 0.25) is 11.8 Å². The van der Waals surface area contributed by atoms with Crippen molar-refractivity contribution in [2.45, 2.75) is 51.4 Å². The summed E-state index contributed by atoms with van der Waals surface area (Å²) < 4.78 is 11.2. The van der Waals surface area contributed by atoms with E-state index >= 15 is 0 Å². The Hall–Kier alpha value is -1.82. The summed E-state index contributed by atoms with van der Waals surface area (Å²) in [5, 5.41) is 2.87. The number of hydrogen-bond acceptors (Lipinski definition) is 4. The summed E-state index contributed by atoms with van der Waals surface area (Å²) in [4.78, 5) is 26.8. The molecule has 0 spiro atoms. The molecule has 136 valence electrons. The molecule has 1 aliphatic carbocycles. The minimum absolute atomic E-state index is 0.00503. The largest absolute Gasteiger partial charge is 0.467 e. The lowest BCUT2D eigenvalue weighted by Crippen LogP contribution is -2.49. The highest BCUT2D eigenvalue weighted by Crippen LogP contribution is 2.38. The molecule has 1 aromatic heterocycles. The van der Waals surface area contributed by atoms with Crippen molar-refractivity contribution in [2.75, 3.05) is 13.1 Å². The lowest BCUT2D eigenvalue weighted by atomic mass is 9.75. The Kier molecular flexibility index (Phi) is 4.54. The number of ether oxygens (including phenoxy) is 1. The first kappa shape index (κ1) is 16.6. The van der Waals surface area contributed by atoms with Gasteiger partial charge in [-0.15, -0.1) is 0 Å². The van der Waals surface area contributed by atoms with Gasteiger partial charge < -0.3 is 19.4 Å². The van der Waals surface area contributed by atoms with Gasteiger partial charge in [0, 0.05) is 19.0 Å². The molecule has 0 unspecified atom stereocenters. The molecular formula is C19H26N2O4. The third-order valence-electron chi connectivity index (χ3n) is 5.90. The van der Waals surface area contributed by atoms with Crippen LogP contribution in [0.15, 0.2) is 22.8 Å². The molecule has 1 saturated carbocycles. The number of furan rings is 1. The maximum Gasteiger partial charge on any atom is 0.249 e. The van der Waals surface area contributed by atoms with E-state index in [1.165, 1.54) is 0 Å². The van der Waals surface area contributed by atoms with Crippen molar-refractivity contribution >= 4 is 11.8 Å². The van der Waals surface area contributed by atoms with E-state index in [9.17, 15) is 9.59 Å². The van der Waals surface area contributed by atoms with E-state index in [0.29, 0.717) is 24.9 Å². The number of hydrogen-bond donors (Lipinski definition) is 1. The number of fused-ring (bicyclic) bond motifs is 1. The Labute approximate surface area is 147 Å². The molecule has 0 radical (unpaired) electrons. The molecular weight excluding hydrogens is 320 g/mol. The Morgan fingerprint density at radius 2 is 2.16 bits per heavy atom. The minimum atomic E-state index is -0.413. The summed E-state index contributed by atoms with van der Waals surface area (Å²) in [5.41, 5.74) is 0. The van der Waals surface area contributed by atoms with Gasteiger partial charge in [-0.2, -0.15) is 0 Å². The second-order valence-electron chi connectivity index (χ2n) is 7.80. The first-order valence-electron chi connectivity index (χ1n) is 9.34. The van der Waals surface area contributed by atoms with E-state index in [1.807, 2.05) is 11.0 Å². The van der Waals surface area contributed by atoms with E-state index in [0.717, 1.165) is 38.0 Å². The number of nitrogens with zero attached hydrogens (tertiary/aromatic N) is 1. The van der Waals surface area contributed by atoms with Crippen LogP contribution in [0.1, 0.15) is 38.4 Å². The van der Waals surface area contributed by atoms with Crippen LogP contribution >= 0.6 is 0 Å². The van der Waals surface area contributed by atoms with Gasteiger partial charge in [-0.3, -0.25) is 9.59 Å². The molecule has 0 aromatic carbocycles. The highest BCUT2D eigenvalue weighted by atomic mass is 16.5. The monoisotopic (exact) mass is 346 g/mol. The molecule has 3 fully saturated rings. The van der Waals surface area contributed by atoms with Gasteiger partial charge in [0.15, 0.2) is 0 Å². The summed E-state index contributed by atoms with van der Waals surface area (Å²) in [7, 11) is 0. The minimum Gasteiger partial charge on any atom is -0.467 e. The smallest absolute Gasteiger partial charge is 0.249 e. The lowest BCUT2D eigenvalue weighted by molar-refractivity contribution is -0.145. The summed E-state index contributed by atoms with van der Waals surface area (Å²) in [6.45, 7) is 4.01. The molecule has 6 heteroatoms. The van der Waals surface area contributed by atoms with Crippen molar-refractivity contribution in [1.29, 1.82) is 0 Å². The van der Waals surface area contributed by atoms with Crippen LogP contribution in [0.25, 0.3) is 0 Å². The molecule has 2 saturated heterocycles. The third kappa shape index (κ3) is 3.45. The molecule has 1 N–H and O–H groups in total. The molecule has 2 amide bonds. The van der Waals surface area contributed by atoms with Crippen LogP contribution in [0.5, 0.6) is 0 Å². The lowest BCUT2D eigenvalue weighted by Gasteiger charge is -2.40. The Bertz CT molecular complexity index is 623. The molecule has 1 aromatic rings. The quantitative estimate of drug-likeness (QED) is 0.904. The molecule has 3 atom stereocenters. The van der Waals surface area contributed by atoms with Crippen molar-refractivity contribution in [3.8, 4) is 0 Å². The van der Waals surface area contributed by atoms with Crippen LogP contribution in [0, 0.1) is 17.8 Å². The number of amides is 2. The van der Waals surface area contributed by atoms with Gasteiger partial charge in [-0.1, -0.05) is 6.92 Å². The molecule has 25 heavy (non-hydrogen) atoms. The zero-order valence-corrected chi connectivity index (χ0v) is 14.6. The first-order valence-corrected chi connectivity index (χ1v) is 9.34. The maximum atomic E-state index is 12.5. The number of nitrogens with one attached hydrogen (secondary N) is 1. The van der Waals surface area contributed by atoms with Crippen LogP contribution < -0.4 is 5.32 Å². The molecule has 2 aliphatic heterocycles. The van der Waals surface area contributed by atoms with Gasteiger partial charge in [0.25, 0.3) is 0 Å². The normalized spacial score (nSPS) is 34.3. The number of carbonyl (C=O) groups is 2. The van der Waals surface area contributed by atoms with Gasteiger partial charge >= 0.3 is 0 Å². The van der Waals surface area contributed by atoms with Crippen molar-refractivity contribution < 1.29 is 18.7 Å². The van der Waals surface area contributed by atoms with Gasteiger partial charge in [0.1, 0.15) is 11.9 Å². The average Bonchev–Trinajstić information content (AvgIpc) is 3.24. The molecule has 0 bridgehead atoms. The number of likely N-dealkylation sites (tertiary alicyclic amines) is 1. The SMILES string of the molecule is CC1CC(C(=O)N2CC[C@H]3C[C@@H](C(=O)NCc4ccco4)O[C@@H]3C2)C1. The van der Waals surface area contributed by atoms with Gasteiger partial charge in [0.05, 0.1) is 18.9 Å². The molecule has 4 rings (SSSR count). The molecule has 6 nitrogen and oxygen atoms in total. The van der Waals surface area contributed by atoms with E-state index < -0.39 is 6.10 Å². The van der Waals surface area contributed by atoms with Crippen LogP contribution in [-0.2, 0) is 20.9 Å². The van der Waals surface area contributed by atoms with E-state index in [4.69, 9.17) is 9.15 Å². The summed E-state index contributed by atoms with van der Waals surface area (Å²) in [6, 6.07) is 3.64. The van der Waals surface area contributed by atoms with Gasteiger partial charge in [-0.05, 0) is 49.7 Å². The van der Waals surface area contributed by atoms with Crippen molar-refractivity contribution in [1.82, 2.24) is 10.2 Å². The summed E-state index contributed by atoms with van der Waals surface area (Å²) in [5.74, 6) is 2.19. The zero-order valence-electron chi connectivity index (χ0n) is 14.6. The highest BCUT2D eigenvalue weighted by molar-refractivity contribution is 5.81. The standard InChI is InChI=1S/C19H26N2O4/c1-12-7-14(8-12)19(23)21-5-4-13-9-16(25-17(13)11-21)18(22)20-10-15-3-2-6-24-15/h2-3,6,12-14,16-17H,4-5,7-11H2,1H3,(H,20,22)/t12?,13-,14?,16-,17+/m0/s1. The maximum absolute atomic E-state index is 12.5. The van der Waals surface area contributed by atoms with Crippen molar-refractivity contribution in [3.63, 3.8) is 0 Å². The second-order valence-corrected chi connectivity index (χ2v) is 7.80. The van der Waals surface area contributed by atoms with E-state index in [-0.39, 0.29) is 23.8 Å². The molecule has 3 heterocycles. The van der Waals surface area contributed by atoms with Crippen LogP contribution in [0.3, 0.4) is 0 Å². The fraction of sp³-hybridized carbons (Fsp3) is 0.684. The Morgan fingerprint density at radius 3 is 2.88 bits per heavy atom. The van der Waals surface area contributed by atoms with E-state index in [1.54, 1.807) is 12.3 Å². The predicted molar refractivity (Wildman–Crippen MR) is 90.4 cm³/mol. The molecule has 3 aliphatic rings. The predicted octanol–water partition coefficient (Wildman–Crippen LogP) is 1.95. The van der Waals surface area contributed by atoms with Crippen molar-refractivity contribution in [3.05, 3.63) is 24.2 Å². The topological polar surface area (TPSA) is 71.8 Å². The van der Waals surface area contributed by atoms with Crippen LogP contribution in [-0.4, -0.2) is 42.0 Å². The fourth-order valence-electron chi connectivity index (χ4n) is 4.36. The number of carbonyl (C=O) groups excluding carboxylic acids is 2. The number of rotatable bonds is 4. The van der Waals surface area contributed by atoms with Gasteiger partial charge in [-0.25, -0.2) is 0 Å². The Balaban J connectivity index is 1.28. The van der Waals surface area contributed by atoms with Crippen molar-refractivity contribution in [2.24, 2.45) is 17.8 Å². The summed E-state index contributed by atoms with van der Waals surface area (Å²) >= 11 is 0. The first-order chi connectivity index (χ1) is 12.1. The fourth-order valence-corrected chi connectivity index (χ4v) is 4.36. The van der Waals surface area contributed by atoms with Crippen LogP contribution in [0.4, 0.5) is 0 Å². The van der Waals surface area contributed by atoms with E-state index in [2.05, 4.69) is 12.2 Å². The highest BCUT2D eigenvalue weighted by Gasteiger charge is 2.44. The second kappa shape index (κ2) is 6.83. The van der Waals surface area contributed by atoms with Crippen LogP contribution in [0.2, 0.25) is 0 Å². The Morgan fingerprint density at radius 1 is 1.32 bits per heavy atom. The average molecular weight is 346 g/mol. The summed E-state index contributed by atoms with van der Waals surface area (Å²) in [6.07, 6.45) is 4.89.